The maximum absolute atomic E-state index is 10.5. The second kappa shape index (κ2) is 7.46. The van der Waals surface area contributed by atoms with Crippen LogP contribution in [0.25, 0.3) is 0 Å². The van der Waals surface area contributed by atoms with Gasteiger partial charge < -0.3 is 5.73 Å². The third-order valence-electron chi connectivity index (χ3n) is 2.43. The first-order valence-corrected chi connectivity index (χ1v) is 7.74. The van der Waals surface area contributed by atoms with Crippen molar-refractivity contribution in [3.8, 4) is 0 Å². The molecule has 2 nitrogen and oxygen atoms in total. The van der Waals surface area contributed by atoms with Crippen LogP contribution in [0, 0.1) is 0 Å². The van der Waals surface area contributed by atoms with Crippen LogP contribution in [-0.2, 0) is 4.79 Å². The van der Waals surface area contributed by atoms with Crippen molar-refractivity contribution in [3.05, 3.63) is 0 Å². The van der Waals surface area contributed by atoms with Crippen molar-refractivity contribution < 1.29 is 4.79 Å². The lowest BCUT2D eigenvalue weighted by Crippen LogP contribution is -2.09. The number of carbonyl (C=O) groups is 1. The zero-order chi connectivity index (χ0) is 10.2. The molecule has 1 fully saturated rings. The normalized spacial score (nSPS) is 21.3. The van der Waals surface area contributed by atoms with Crippen LogP contribution in [0.2, 0.25) is 0 Å². The molecule has 1 aliphatic rings. The molecule has 0 radical (unpaired) electrons. The summed E-state index contributed by atoms with van der Waals surface area (Å²) in [6, 6.07) is 0. The quantitative estimate of drug-likeness (QED) is 0.543. The van der Waals surface area contributed by atoms with Crippen LogP contribution in [0.3, 0.4) is 0 Å². The Morgan fingerprint density at radius 2 is 2.07 bits per heavy atom. The highest BCUT2D eigenvalue weighted by atomic mass is 33.1. The summed E-state index contributed by atoms with van der Waals surface area (Å²) >= 11 is 0. The standard InChI is InChI=1S/C10H19NOS2/c11-10(12)6-4-2-1-3-5-9-7-8-13-14-9/h9H,1-8H2,(H2,11,12). The Bertz CT molecular complexity index is 170. The Morgan fingerprint density at radius 1 is 1.29 bits per heavy atom. The summed E-state index contributed by atoms with van der Waals surface area (Å²) in [5.41, 5.74) is 5.06. The topological polar surface area (TPSA) is 43.1 Å². The highest BCUT2D eigenvalue weighted by Gasteiger charge is 2.15. The number of nitrogens with two attached hydrogens (primary N) is 1. The van der Waals surface area contributed by atoms with Gasteiger partial charge in [-0.2, -0.15) is 0 Å². The van der Waals surface area contributed by atoms with Gasteiger partial charge in [-0.25, -0.2) is 0 Å². The lowest BCUT2D eigenvalue weighted by Gasteiger charge is -2.05. The summed E-state index contributed by atoms with van der Waals surface area (Å²) in [6.45, 7) is 0. The van der Waals surface area contributed by atoms with E-state index in [-0.39, 0.29) is 5.91 Å². The van der Waals surface area contributed by atoms with Crippen molar-refractivity contribution in [2.45, 2.75) is 50.2 Å². The van der Waals surface area contributed by atoms with Crippen LogP contribution in [0.15, 0.2) is 0 Å². The fourth-order valence-electron chi connectivity index (χ4n) is 1.59. The number of rotatable bonds is 7. The SMILES string of the molecule is NC(=O)CCCCCCC1CCSS1. The molecule has 0 saturated carbocycles. The lowest BCUT2D eigenvalue weighted by molar-refractivity contribution is -0.118. The molecule has 1 aliphatic heterocycles. The Balaban J connectivity index is 1.82. The number of amides is 1. The van der Waals surface area contributed by atoms with Crippen molar-refractivity contribution in [2.24, 2.45) is 5.73 Å². The second-order valence-corrected chi connectivity index (χ2v) is 6.54. The van der Waals surface area contributed by atoms with Gasteiger partial charge in [0.15, 0.2) is 0 Å². The molecule has 82 valence electrons. The predicted molar refractivity (Wildman–Crippen MR) is 65.4 cm³/mol. The molecule has 1 heterocycles. The van der Waals surface area contributed by atoms with Gasteiger partial charge in [0.25, 0.3) is 0 Å². The molecule has 0 bridgehead atoms. The maximum Gasteiger partial charge on any atom is 0.217 e. The van der Waals surface area contributed by atoms with Crippen molar-refractivity contribution >= 4 is 27.5 Å². The molecule has 1 unspecified atom stereocenters. The van der Waals surface area contributed by atoms with E-state index in [2.05, 4.69) is 10.8 Å². The van der Waals surface area contributed by atoms with Gasteiger partial charge in [-0.3, -0.25) is 4.79 Å². The van der Waals surface area contributed by atoms with Gasteiger partial charge >= 0.3 is 0 Å². The first-order chi connectivity index (χ1) is 6.79. The van der Waals surface area contributed by atoms with Crippen molar-refractivity contribution in [1.82, 2.24) is 0 Å². The summed E-state index contributed by atoms with van der Waals surface area (Å²) in [6.07, 6.45) is 8.01. The van der Waals surface area contributed by atoms with E-state index in [1.165, 1.54) is 31.4 Å². The van der Waals surface area contributed by atoms with E-state index in [0.717, 1.165) is 18.1 Å². The molecule has 2 N–H and O–H groups in total. The van der Waals surface area contributed by atoms with Crippen LogP contribution < -0.4 is 5.73 Å². The third-order valence-corrected chi connectivity index (χ3v) is 5.43. The van der Waals surface area contributed by atoms with E-state index in [1.807, 2.05) is 10.8 Å². The molecule has 0 aromatic carbocycles. The number of unbranched alkanes of at least 4 members (excludes halogenated alkanes) is 3. The smallest absolute Gasteiger partial charge is 0.217 e. The highest BCUT2D eigenvalue weighted by Crippen LogP contribution is 2.39. The summed E-state index contributed by atoms with van der Waals surface area (Å²) in [4.78, 5) is 10.5. The van der Waals surface area contributed by atoms with Crippen molar-refractivity contribution in [3.63, 3.8) is 0 Å². The highest BCUT2D eigenvalue weighted by molar-refractivity contribution is 8.77. The molecule has 0 aromatic rings. The fraction of sp³-hybridized carbons (Fsp3) is 0.900. The minimum Gasteiger partial charge on any atom is -0.370 e. The molecular weight excluding hydrogens is 214 g/mol. The van der Waals surface area contributed by atoms with E-state index in [0.29, 0.717) is 6.42 Å². The first-order valence-electron chi connectivity index (χ1n) is 5.35. The Labute approximate surface area is 94.2 Å². The van der Waals surface area contributed by atoms with E-state index in [1.54, 1.807) is 0 Å². The zero-order valence-corrected chi connectivity index (χ0v) is 10.2. The Kier molecular flexibility index (Phi) is 6.52. The van der Waals surface area contributed by atoms with Gasteiger partial charge in [-0.15, -0.1) is 0 Å². The van der Waals surface area contributed by atoms with Crippen LogP contribution in [0.1, 0.15) is 44.9 Å². The number of primary amides is 1. The van der Waals surface area contributed by atoms with Crippen molar-refractivity contribution in [1.29, 1.82) is 0 Å². The number of hydrogen-bond donors (Lipinski definition) is 1. The van der Waals surface area contributed by atoms with E-state index in [4.69, 9.17) is 5.73 Å². The zero-order valence-electron chi connectivity index (χ0n) is 8.54. The summed E-state index contributed by atoms with van der Waals surface area (Å²) < 4.78 is 0. The molecule has 1 atom stereocenters. The monoisotopic (exact) mass is 233 g/mol. The van der Waals surface area contributed by atoms with Gasteiger partial charge in [0, 0.05) is 17.4 Å². The Hall–Kier alpha value is 0.170. The molecule has 1 amide bonds. The van der Waals surface area contributed by atoms with Gasteiger partial charge in [-0.1, -0.05) is 40.9 Å². The first kappa shape index (κ1) is 12.2. The minimum absolute atomic E-state index is 0.159. The van der Waals surface area contributed by atoms with Crippen LogP contribution in [0.4, 0.5) is 0 Å². The molecule has 14 heavy (non-hydrogen) atoms. The van der Waals surface area contributed by atoms with E-state index < -0.39 is 0 Å². The van der Waals surface area contributed by atoms with E-state index in [9.17, 15) is 4.79 Å². The average Bonchev–Trinajstić information content (AvgIpc) is 2.63. The van der Waals surface area contributed by atoms with Gasteiger partial charge in [-0.05, 0) is 19.3 Å². The third kappa shape index (κ3) is 5.81. The minimum atomic E-state index is -0.159. The van der Waals surface area contributed by atoms with Gasteiger partial charge in [0.1, 0.15) is 0 Å². The van der Waals surface area contributed by atoms with Gasteiger partial charge in [0.2, 0.25) is 5.91 Å². The summed E-state index contributed by atoms with van der Waals surface area (Å²) in [5, 5.41) is 0.899. The predicted octanol–water partition coefficient (Wildman–Crippen LogP) is 2.97. The average molecular weight is 233 g/mol. The van der Waals surface area contributed by atoms with Crippen LogP contribution in [0.5, 0.6) is 0 Å². The van der Waals surface area contributed by atoms with Gasteiger partial charge in [0.05, 0.1) is 0 Å². The maximum atomic E-state index is 10.5. The largest absolute Gasteiger partial charge is 0.370 e. The molecule has 4 heteroatoms. The molecular formula is C10H19NOS2. The molecule has 0 aliphatic carbocycles. The molecule has 0 spiro atoms. The number of carbonyl (C=O) groups excluding carboxylic acids is 1. The molecule has 1 rings (SSSR count). The van der Waals surface area contributed by atoms with Crippen LogP contribution in [-0.4, -0.2) is 16.9 Å². The Morgan fingerprint density at radius 3 is 2.71 bits per heavy atom. The van der Waals surface area contributed by atoms with E-state index >= 15 is 0 Å². The van der Waals surface area contributed by atoms with Crippen molar-refractivity contribution in [2.75, 3.05) is 5.75 Å². The number of hydrogen-bond acceptors (Lipinski definition) is 3. The summed E-state index contributed by atoms with van der Waals surface area (Å²) in [5.74, 6) is 1.17. The molecule has 1 saturated heterocycles. The second-order valence-electron chi connectivity index (χ2n) is 3.75. The molecule has 0 aromatic heterocycles. The fourth-order valence-corrected chi connectivity index (χ4v) is 4.62. The summed E-state index contributed by atoms with van der Waals surface area (Å²) in [7, 11) is 4.06. The lowest BCUT2D eigenvalue weighted by atomic mass is 10.1. The van der Waals surface area contributed by atoms with Crippen LogP contribution >= 0.6 is 21.6 Å².